The Hall–Kier alpha value is -1.63. The number of amidine groups is 1. The maximum absolute atomic E-state index is 11.1. The molecule has 0 rings (SSSR count). The molecule has 0 spiro atoms. The van der Waals surface area contributed by atoms with E-state index in [9.17, 15) is 8.42 Å². The lowest BCUT2D eigenvalue weighted by Crippen LogP contribution is -2.19. The molecule has 96 valence electrons. The first-order chi connectivity index (χ1) is 7.81. The lowest BCUT2D eigenvalue weighted by Gasteiger charge is -2.09. The van der Waals surface area contributed by atoms with E-state index in [0.29, 0.717) is 18.0 Å². The third kappa shape index (κ3) is 6.52. The summed E-state index contributed by atoms with van der Waals surface area (Å²) in [7, 11) is -0.160. The van der Waals surface area contributed by atoms with Crippen molar-refractivity contribution in [3.05, 3.63) is 24.0 Å². The van der Waals surface area contributed by atoms with E-state index in [1.807, 2.05) is 0 Å². The summed E-state index contributed by atoms with van der Waals surface area (Å²) in [5.41, 5.74) is 6.22. The van der Waals surface area contributed by atoms with E-state index < -0.39 is 10.0 Å². The summed E-state index contributed by atoms with van der Waals surface area (Å²) in [6, 6.07) is 0. The van der Waals surface area contributed by atoms with Crippen LogP contribution in [0, 0.1) is 0 Å². The van der Waals surface area contributed by atoms with Crippen LogP contribution in [-0.2, 0) is 10.0 Å². The van der Waals surface area contributed by atoms with Crippen molar-refractivity contribution in [1.82, 2.24) is 4.31 Å². The number of nitrogens with two attached hydrogens (primary N) is 1. The third-order valence-electron chi connectivity index (χ3n) is 1.90. The highest BCUT2D eigenvalue weighted by atomic mass is 32.2. The van der Waals surface area contributed by atoms with Gasteiger partial charge in [-0.15, -0.1) is 0 Å². The lowest BCUT2D eigenvalue weighted by molar-refractivity contribution is 0.545. The molecule has 0 saturated heterocycles. The maximum Gasteiger partial charge on any atom is 0.231 e. The number of rotatable bonds is 5. The van der Waals surface area contributed by atoms with Crippen LogP contribution in [0.5, 0.6) is 0 Å². The predicted molar refractivity (Wildman–Crippen MR) is 71.5 cm³/mol. The van der Waals surface area contributed by atoms with Crippen LogP contribution >= 0.6 is 0 Å². The molecule has 0 aromatic carbocycles. The van der Waals surface area contributed by atoms with Crippen LogP contribution in [0.3, 0.4) is 0 Å². The number of hydrogen-bond donors (Lipinski definition) is 1. The molecular formula is C10H18N4O2S. The average molecular weight is 258 g/mol. The van der Waals surface area contributed by atoms with Crippen molar-refractivity contribution < 1.29 is 8.42 Å². The standard InChI is InChI=1S/C10H18N4O2S/c1-12-10(13-2)8-9(11)6-5-7-14(3)17(4,15)16/h5,7-8H,1,6,11H2,2-4H3/b7-5-,9-8?,13-10?. The van der Waals surface area contributed by atoms with Crippen LogP contribution in [0.25, 0.3) is 0 Å². The van der Waals surface area contributed by atoms with E-state index in [4.69, 9.17) is 5.73 Å². The predicted octanol–water partition coefficient (Wildman–Crippen LogP) is 0.353. The molecule has 0 amide bonds. The van der Waals surface area contributed by atoms with Crippen molar-refractivity contribution in [3.63, 3.8) is 0 Å². The Morgan fingerprint density at radius 1 is 1.53 bits per heavy atom. The fraction of sp³-hybridized carbons (Fsp3) is 0.400. The molecule has 0 radical (unpaired) electrons. The number of aliphatic imine (C=N–C) groups is 2. The van der Waals surface area contributed by atoms with Crippen molar-refractivity contribution in [2.45, 2.75) is 6.42 Å². The molecule has 0 aromatic heterocycles. The van der Waals surface area contributed by atoms with Crippen molar-refractivity contribution in [2.75, 3.05) is 20.4 Å². The van der Waals surface area contributed by atoms with E-state index in [0.717, 1.165) is 10.6 Å². The summed E-state index contributed by atoms with van der Waals surface area (Å²) in [4.78, 5) is 7.47. The quantitative estimate of drug-likeness (QED) is 0.570. The Balaban J connectivity index is 4.49. The number of sulfonamides is 1. The van der Waals surface area contributed by atoms with Gasteiger partial charge in [-0.1, -0.05) is 6.08 Å². The number of allylic oxidation sites excluding steroid dienone is 1. The Kier molecular flexibility index (Phi) is 6.19. The van der Waals surface area contributed by atoms with Crippen LogP contribution < -0.4 is 5.73 Å². The van der Waals surface area contributed by atoms with E-state index in [-0.39, 0.29) is 0 Å². The van der Waals surface area contributed by atoms with Gasteiger partial charge in [-0.2, -0.15) is 0 Å². The highest BCUT2D eigenvalue weighted by Gasteiger charge is 2.03. The molecule has 0 aliphatic rings. The van der Waals surface area contributed by atoms with Crippen LogP contribution in [0.15, 0.2) is 34.0 Å². The van der Waals surface area contributed by atoms with Crippen LogP contribution in [0.4, 0.5) is 0 Å². The molecule has 0 fully saturated rings. The zero-order chi connectivity index (χ0) is 13.5. The smallest absolute Gasteiger partial charge is 0.231 e. The summed E-state index contributed by atoms with van der Waals surface area (Å²) >= 11 is 0. The highest BCUT2D eigenvalue weighted by Crippen LogP contribution is 1.99. The van der Waals surface area contributed by atoms with Crippen LogP contribution in [0.1, 0.15) is 6.42 Å². The van der Waals surface area contributed by atoms with Crippen LogP contribution in [0.2, 0.25) is 0 Å². The van der Waals surface area contributed by atoms with Gasteiger partial charge >= 0.3 is 0 Å². The molecule has 6 nitrogen and oxygen atoms in total. The molecule has 0 bridgehead atoms. The first-order valence-electron chi connectivity index (χ1n) is 4.80. The van der Waals surface area contributed by atoms with Gasteiger partial charge in [0.25, 0.3) is 0 Å². The van der Waals surface area contributed by atoms with E-state index in [2.05, 4.69) is 16.7 Å². The molecular weight excluding hydrogens is 240 g/mol. The van der Waals surface area contributed by atoms with Gasteiger partial charge in [-0.05, 0) is 6.72 Å². The zero-order valence-corrected chi connectivity index (χ0v) is 11.1. The van der Waals surface area contributed by atoms with Gasteiger partial charge < -0.3 is 5.73 Å². The van der Waals surface area contributed by atoms with Crippen molar-refractivity contribution >= 4 is 22.6 Å². The molecule has 0 unspecified atom stereocenters. The van der Waals surface area contributed by atoms with Gasteiger partial charge in [0.1, 0.15) is 5.84 Å². The summed E-state index contributed by atoms with van der Waals surface area (Å²) < 4.78 is 23.2. The molecule has 0 saturated carbocycles. The minimum Gasteiger partial charge on any atom is -0.402 e. The van der Waals surface area contributed by atoms with Gasteiger partial charge in [0, 0.05) is 38.5 Å². The van der Waals surface area contributed by atoms with Gasteiger partial charge in [0.05, 0.1) is 6.26 Å². The largest absolute Gasteiger partial charge is 0.402 e. The number of nitrogens with zero attached hydrogens (tertiary/aromatic N) is 3. The number of hydrogen-bond acceptors (Lipinski definition) is 4. The second kappa shape index (κ2) is 6.85. The molecule has 2 N–H and O–H groups in total. The second-order valence-corrected chi connectivity index (χ2v) is 5.37. The van der Waals surface area contributed by atoms with E-state index >= 15 is 0 Å². The van der Waals surface area contributed by atoms with E-state index in [1.54, 1.807) is 19.2 Å². The van der Waals surface area contributed by atoms with E-state index in [1.165, 1.54) is 13.2 Å². The Bertz CT molecular complexity index is 449. The normalized spacial score (nSPS) is 14.1. The zero-order valence-electron chi connectivity index (χ0n) is 10.3. The fourth-order valence-electron chi connectivity index (χ4n) is 0.853. The summed E-state index contributed by atoms with van der Waals surface area (Å²) in [6.45, 7) is 3.34. The first kappa shape index (κ1) is 15.4. The Morgan fingerprint density at radius 3 is 2.53 bits per heavy atom. The van der Waals surface area contributed by atoms with Crippen molar-refractivity contribution in [3.8, 4) is 0 Å². The Morgan fingerprint density at radius 2 is 2.12 bits per heavy atom. The minimum absolute atomic E-state index is 0.411. The van der Waals surface area contributed by atoms with Crippen LogP contribution in [-0.4, -0.2) is 45.6 Å². The molecule has 0 aliphatic heterocycles. The topological polar surface area (TPSA) is 88.1 Å². The molecule has 7 heteroatoms. The van der Waals surface area contributed by atoms with Gasteiger partial charge in [-0.3, -0.25) is 9.30 Å². The SMILES string of the molecule is C=NC(C=C(N)C/C=C\N(C)S(C)(=O)=O)=NC. The fourth-order valence-corrected chi connectivity index (χ4v) is 1.16. The van der Waals surface area contributed by atoms with Gasteiger partial charge in [0.2, 0.25) is 10.0 Å². The van der Waals surface area contributed by atoms with Gasteiger partial charge in [-0.25, -0.2) is 13.4 Å². The Labute approximate surface area is 102 Å². The average Bonchev–Trinajstić information content (AvgIpc) is 2.24. The van der Waals surface area contributed by atoms with Crippen molar-refractivity contribution in [2.24, 2.45) is 15.7 Å². The second-order valence-electron chi connectivity index (χ2n) is 3.33. The van der Waals surface area contributed by atoms with Gasteiger partial charge in [0.15, 0.2) is 0 Å². The molecule has 0 aliphatic carbocycles. The first-order valence-corrected chi connectivity index (χ1v) is 6.65. The minimum atomic E-state index is -3.20. The summed E-state index contributed by atoms with van der Waals surface area (Å²) in [5, 5.41) is 0. The molecule has 0 heterocycles. The molecule has 0 aromatic rings. The molecule has 0 atom stereocenters. The third-order valence-corrected chi connectivity index (χ3v) is 3.07. The molecule has 17 heavy (non-hydrogen) atoms. The monoisotopic (exact) mass is 258 g/mol. The lowest BCUT2D eigenvalue weighted by atomic mass is 10.3. The summed E-state index contributed by atoms with van der Waals surface area (Å²) in [6.07, 6.45) is 6.20. The summed E-state index contributed by atoms with van der Waals surface area (Å²) in [5.74, 6) is 0.437. The maximum atomic E-state index is 11.1. The van der Waals surface area contributed by atoms with Crippen molar-refractivity contribution in [1.29, 1.82) is 0 Å². The highest BCUT2D eigenvalue weighted by molar-refractivity contribution is 7.88.